The number of aryl methyl sites for hydroxylation is 1. The van der Waals surface area contributed by atoms with Gasteiger partial charge in [0, 0.05) is 24.7 Å². The van der Waals surface area contributed by atoms with Crippen molar-refractivity contribution in [1.29, 1.82) is 0 Å². The minimum Gasteiger partial charge on any atom is -0.497 e. The molecule has 0 radical (unpaired) electrons. The molecule has 33 heavy (non-hydrogen) atoms. The Morgan fingerprint density at radius 1 is 1.03 bits per heavy atom. The van der Waals surface area contributed by atoms with E-state index in [-0.39, 0.29) is 10.8 Å². The van der Waals surface area contributed by atoms with E-state index in [1.807, 2.05) is 36.7 Å². The average Bonchev–Trinajstić information content (AvgIpc) is 3.14. The molecule has 1 aromatic heterocycles. The third-order valence-electron chi connectivity index (χ3n) is 5.25. The zero-order valence-corrected chi connectivity index (χ0v) is 19.3. The minimum atomic E-state index is -3.76. The Kier molecular flexibility index (Phi) is 6.06. The number of anilines is 1. The molecular formula is C24H24N4O4S. The first-order valence-corrected chi connectivity index (χ1v) is 11.8. The van der Waals surface area contributed by atoms with Crippen molar-refractivity contribution in [1.82, 2.24) is 14.9 Å². The SMILES string of the molecule is CCNC(=O)c1ccc(-c2nc3cc(NS(=O)(=O)c4ccc(OC)cc4)ccc3n2C)cc1. The van der Waals surface area contributed by atoms with E-state index in [1.54, 1.807) is 36.4 Å². The van der Waals surface area contributed by atoms with Gasteiger partial charge in [-0.1, -0.05) is 12.1 Å². The van der Waals surface area contributed by atoms with Gasteiger partial charge in [-0.15, -0.1) is 0 Å². The number of amides is 1. The van der Waals surface area contributed by atoms with Crippen molar-refractivity contribution in [3.05, 3.63) is 72.3 Å². The molecule has 0 spiro atoms. The predicted octanol–water partition coefficient (Wildman–Crippen LogP) is 3.80. The lowest BCUT2D eigenvalue weighted by atomic mass is 10.1. The molecule has 170 valence electrons. The third-order valence-corrected chi connectivity index (χ3v) is 6.64. The smallest absolute Gasteiger partial charge is 0.261 e. The number of ether oxygens (including phenoxy) is 1. The molecule has 3 aromatic carbocycles. The Hall–Kier alpha value is -3.85. The molecule has 4 aromatic rings. The number of rotatable bonds is 7. The molecule has 0 aliphatic rings. The standard InChI is InChI=1S/C24H24N4O4S/c1-4-25-24(29)17-7-5-16(6-8-17)23-26-21-15-18(9-14-22(21)28(23)2)27-33(30,31)20-12-10-19(32-3)11-13-20/h5-15,27H,4H2,1-3H3,(H,25,29). The fraction of sp³-hybridized carbons (Fsp3) is 0.167. The molecule has 0 fully saturated rings. The summed E-state index contributed by atoms with van der Waals surface area (Å²) in [6.07, 6.45) is 0. The van der Waals surface area contributed by atoms with Gasteiger partial charge < -0.3 is 14.6 Å². The largest absolute Gasteiger partial charge is 0.497 e. The summed E-state index contributed by atoms with van der Waals surface area (Å²) in [5.74, 6) is 1.17. The van der Waals surface area contributed by atoms with Crippen LogP contribution in [0.25, 0.3) is 22.4 Å². The number of benzene rings is 3. The van der Waals surface area contributed by atoms with Crippen LogP contribution < -0.4 is 14.8 Å². The number of nitrogens with zero attached hydrogens (tertiary/aromatic N) is 2. The van der Waals surface area contributed by atoms with Gasteiger partial charge in [-0.05, 0) is 61.5 Å². The van der Waals surface area contributed by atoms with E-state index in [4.69, 9.17) is 9.72 Å². The lowest BCUT2D eigenvalue weighted by molar-refractivity contribution is 0.0956. The quantitative estimate of drug-likeness (QED) is 0.433. The number of sulfonamides is 1. The minimum absolute atomic E-state index is 0.122. The number of carbonyl (C=O) groups excluding carboxylic acids is 1. The third kappa shape index (κ3) is 4.54. The first-order chi connectivity index (χ1) is 15.8. The lowest BCUT2D eigenvalue weighted by Crippen LogP contribution is -2.22. The molecule has 0 saturated heterocycles. The van der Waals surface area contributed by atoms with Crippen LogP contribution in [0.3, 0.4) is 0 Å². The van der Waals surface area contributed by atoms with Gasteiger partial charge in [0.05, 0.1) is 28.7 Å². The van der Waals surface area contributed by atoms with Crippen molar-refractivity contribution < 1.29 is 17.9 Å². The van der Waals surface area contributed by atoms with E-state index in [0.29, 0.717) is 34.9 Å². The van der Waals surface area contributed by atoms with E-state index in [2.05, 4.69) is 10.0 Å². The van der Waals surface area contributed by atoms with Crippen molar-refractivity contribution in [3.8, 4) is 17.1 Å². The van der Waals surface area contributed by atoms with Gasteiger partial charge in [0.15, 0.2) is 0 Å². The molecule has 0 aliphatic heterocycles. The summed E-state index contributed by atoms with van der Waals surface area (Å²) < 4.78 is 35.1. The van der Waals surface area contributed by atoms with Gasteiger partial charge >= 0.3 is 0 Å². The van der Waals surface area contributed by atoms with Crippen molar-refractivity contribution in [2.75, 3.05) is 18.4 Å². The Labute approximate surface area is 192 Å². The molecule has 0 bridgehead atoms. The summed E-state index contributed by atoms with van der Waals surface area (Å²) in [4.78, 5) is 16.8. The van der Waals surface area contributed by atoms with E-state index >= 15 is 0 Å². The topological polar surface area (TPSA) is 102 Å². The van der Waals surface area contributed by atoms with Crippen molar-refractivity contribution in [2.45, 2.75) is 11.8 Å². The first kappa shape index (κ1) is 22.3. The van der Waals surface area contributed by atoms with Crippen LogP contribution >= 0.6 is 0 Å². The van der Waals surface area contributed by atoms with Crippen LogP contribution in [-0.2, 0) is 17.1 Å². The number of hydrogen-bond acceptors (Lipinski definition) is 5. The van der Waals surface area contributed by atoms with Crippen molar-refractivity contribution in [3.63, 3.8) is 0 Å². The Balaban J connectivity index is 1.62. The van der Waals surface area contributed by atoms with Crippen LogP contribution in [0.1, 0.15) is 17.3 Å². The molecule has 4 rings (SSSR count). The van der Waals surface area contributed by atoms with Crippen LogP contribution in [0.2, 0.25) is 0 Å². The summed E-state index contributed by atoms with van der Waals surface area (Å²) in [6, 6.07) is 18.6. The maximum absolute atomic E-state index is 12.8. The lowest BCUT2D eigenvalue weighted by Gasteiger charge is -2.09. The zero-order valence-electron chi connectivity index (χ0n) is 18.5. The van der Waals surface area contributed by atoms with Crippen LogP contribution in [0.4, 0.5) is 5.69 Å². The van der Waals surface area contributed by atoms with E-state index in [0.717, 1.165) is 11.1 Å². The molecule has 0 atom stereocenters. The number of hydrogen-bond donors (Lipinski definition) is 2. The number of imidazole rings is 1. The summed E-state index contributed by atoms with van der Waals surface area (Å²) in [5.41, 5.74) is 3.34. The summed E-state index contributed by atoms with van der Waals surface area (Å²) in [7, 11) is -0.342. The molecule has 9 heteroatoms. The highest BCUT2D eigenvalue weighted by Gasteiger charge is 2.16. The second kappa shape index (κ2) is 8.95. The maximum atomic E-state index is 12.8. The van der Waals surface area contributed by atoms with E-state index < -0.39 is 10.0 Å². The number of nitrogens with one attached hydrogen (secondary N) is 2. The first-order valence-electron chi connectivity index (χ1n) is 10.3. The molecule has 0 unspecified atom stereocenters. The number of aromatic nitrogens is 2. The van der Waals surface area contributed by atoms with Crippen LogP contribution in [-0.4, -0.2) is 37.5 Å². The molecule has 0 saturated carbocycles. The highest BCUT2D eigenvalue weighted by Crippen LogP contribution is 2.27. The van der Waals surface area contributed by atoms with Crippen molar-refractivity contribution >= 4 is 32.7 Å². The molecule has 2 N–H and O–H groups in total. The molecular weight excluding hydrogens is 440 g/mol. The fourth-order valence-electron chi connectivity index (χ4n) is 3.52. The molecule has 0 aliphatic carbocycles. The summed E-state index contributed by atoms with van der Waals surface area (Å²) in [6.45, 7) is 2.44. The van der Waals surface area contributed by atoms with Gasteiger partial charge in [0.2, 0.25) is 0 Å². The second-order valence-corrected chi connectivity index (χ2v) is 9.10. The normalized spacial score (nSPS) is 11.4. The van der Waals surface area contributed by atoms with Crippen molar-refractivity contribution in [2.24, 2.45) is 7.05 Å². The Morgan fingerprint density at radius 2 is 1.73 bits per heavy atom. The average molecular weight is 465 g/mol. The van der Waals surface area contributed by atoms with E-state index in [1.165, 1.54) is 19.2 Å². The zero-order chi connectivity index (χ0) is 23.6. The van der Waals surface area contributed by atoms with Gasteiger partial charge in [-0.25, -0.2) is 13.4 Å². The van der Waals surface area contributed by atoms with Gasteiger partial charge in [0.1, 0.15) is 11.6 Å². The molecule has 8 nitrogen and oxygen atoms in total. The van der Waals surface area contributed by atoms with Gasteiger partial charge in [-0.3, -0.25) is 9.52 Å². The summed E-state index contributed by atoms with van der Waals surface area (Å²) in [5, 5.41) is 2.77. The Morgan fingerprint density at radius 3 is 2.36 bits per heavy atom. The molecule has 1 heterocycles. The number of carbonyl (C=O) groups is 1. The summed E-state index contributed by atoms with van der Waals surface area (Å²) >= 11 is 0. The van der Waals surface area contributed by atoms with Gasteiger partial charge in [0.25, 0.3) is 15.9 Å². The molecule has 1 amide bonds. The van der Waals surface area contributed by atoms with Crippen LogP contribution in [0, 0.1) is 0 Å². The fourth-order valence-corrected chi connectivity index (χ4v) is 4.57. The highest BCUT2D eigenvalue weighted by molar-refractivity contribution is 7.92. The monoisotopic (exact) mass is 464 g/mol. The Bertz CT molecular complexity index is 1410. The van der Waals surface area contributed by atoms with Crippen LogP contribution in [0.5, 0.6) is 5.75 Å². The second-order valence-electron chi connectivity index (χ2n) is 7.42. The maximum Gasteiger partial charge on any atom is 0.261 e. The van der Waals surface area contributed by atoms with Crippen LogP contribution in [0.15, 0.2) is 71.6 Å². The number of fused-ring (bicyclic) bond motifs is 1. The van der Waals surface area contributed by atoms with E-state index in [9.17, 15) is 13.2 Å². The predicted molar refractivity (Wildman–Crippen MR) is 128 cm³/mol. The van der Waals surface area contributed by atoms with Gasteiger partial charge in [-0.2, -0.15) is 0 Å². The number of methoxy groups -OCH3 is 1. The highest BCUT2D eigenvalue weighted by atomic mass is 32.2.